The molecular formula is C26H26N2O4. The lowest BCUT2D eigenvalue weighted by molar-refractivity contribution is 0.0984. The molecule has 2 amide bonds. The van der Waals surface area contributed by atoms with Crippen molar-refractivity contribution in [1.82, 2.24) is 0 Å². The fraction of sp³-hybridized carbons (Fsp3) is 0.231. The number of methoxy groups -OCH3 is 2. The predicted octanol–water partition coefficient (Wildman–Crippen LogP) is 4.86. The first-order chi connectivity index (χ1) is 15.5. The van der Waals surface area contributed by atoms with Crippen molar-refractivity contribution in [2.45, 2.75) is 19.8 Å². The topological polar surface area (TPSA) is 67.9 Å². The highest BCUT2D eigenvalue weighted by Crippen LogP contribution is 2.32. The van der Waals surface area contributed by atoms with Crippen molar-refractivity contribution in [2.24, 2.45) is 0 Å². The van der Waals surface area contributed by atoms with Gasteiger partial charge in [0, 0.05) is 29.4 Å². The summed E-state index contributed by atoms with van der Waals surface area (Å²) in [5.74, 6) is 0.908. The Kier molecular flexibility index (Phi) is 6.12. The van der Waals surface area contributed by atoms with Gasteiger partial charge in [-0.2, -0.15) is 0 Å². The van der Waals surface area contributed by atoms with Gasteiger partial charge in [-0.15, -0.1) is 0 Å². The van der Waals surface area contributed by atoms with E-state index in [1.165, 1.54) is 0 Å². The van der Waals surface area contributed by atoms with Gasteiger partial charge >= 0.3 is 0 Å². The summed E-state index contributed by atoms with van der Waals surface area (Å²) < 4.78 is 10.6. The summed E-state index contributed by atoms with van der Waals surface area (Å²) in [5, 5.41) is 2.90. The Hall–Kier alpha value is -3.80. The average Bonchev–Trinajstić information content (AvgIpc) is 2.83. The molecule has 0 fully saturated rings. The van der Waals surface area contributed by atoms with Gasteiger partial charge in [0.25, 0.3) is 11.8 Å². The number of ether oxygens (including phenoxy) is 2. The fourth-order valence-electron chi connectivity index (χ4n) is 3.98. The lowest BCUT2D eigenvalue weighted by Crippen LogP contribution is -2.35. The van der Waals surface area contributed by atoms with Crippen LogP contribution in [-0.2, 0) is 6.42 Å². The molecule has 0 saturated heterocycles. The van der Waals surface area contributed by atoms with Crippen LogP contribution >= 0.6 is 0 Å². The van der Waals surface area contributed by atoms with Crippen molar-refractivity contribution in [3.63, 3.8) is 0 Å². The second-order valence-electron chi connectivity index (χ2n) is 7.79. The van der Waals surface area contributed by atoms with Gasteiger partial charge in [0.1, 0.15) is 11.5 Å². The van der Waals surface area contributed by atoms with Gasteiger partial charge in [0.2, 0.25) is 0 Å². The van der Waals surface area contributed by atoms with E-state index in [2.05, 4.69) is 5.32 Å². The largest absolute Gasteiger partial charge is 0.497 e. The molecule has 3 aromatic rings. The van der Waals surface area contributed by atoms with Crippen LogP contribution in [-0.4, -0.2) is 32.6 Å². The number of anilines is 2. The van der Waals surface area contributed by atoms with Crippen LogP contribution < -0.4 is 19.7 Å². The SMILES string of the molecule is COc1ccc(NC(=O)c2ccc3c(c2)CCCN3C(=O)c2cccc(C)c2)c(OC)c1. The van der Waals surface area contributed by atoms with E-state index in [0.717, 1.165) is 29.7 Å². The van der Waals surface area contributed by atoms with Gasteiger partial charge in [0.15, 0.2) is 0 Å². The van der Waals surface area contributed by atoms with Crippen LogP contribution in [0.3, 0.4) is 0 Å². The molecule has 6 nitrogen and oxygen atoms in total. The standard InChI is InChI=1S/C26H26N2O4/c1-17-6-4-7-20(14-17)26(30)28-13-5-8-18-15-19(9-12-23(18)28)25(29)27-22-11-10-21(31-2)16-24(22)32-3/h4,6-7,9-12,14-16H,5,8,13H2,1-3H3,(H,27,29). The summed E-state index contributed by atoms with van der Waals surface area (Å²) in [6, 6.07) is 18.3. The van der Waals surface area contributed by atoms with Crippen molar-refractivity contribution in [2.75, 3.05) is 31.0 Å². The number of hydrogen-bond donors (Lipinski definition) is 1. The molecule has 1 aliphatic heterocycles. The van der Waals surface area contributed by atoms with E-state index in [-0.39, 0.29) is 11.8 Å². The van der Waals surface area contributed by atoms with E-state index in [1.54, 1.807) is 38.5 Å². The second-order valence-corrected chi connectivity index (χ2v) is 7.79. The zero-order valence-electron chi connectivity index (χ0n) is 18.5. The van der Waals surface area contributed by atoms with Gasteiger partial charge in [0.05, 0.1) is 19.9 Å². The minimum Gasteiger partial charge on any atom is -0.497 e. The van der Waals surface area contributed by atoms with Crippen LogP contribution in [0.1, 0.15) is 38.3 Å². The molecule has 0 atom stereocenters. The number of fused-ring (bicyclic) bond motifs is 1. The summed E-state index contributed by atoms with van der Waals surface area (Å²) in [6.45, 7) is 2.64. The summed E-state index contributed by atoms with van der Waals surface area (Å²) >= 11 is 0. The summed E-state index contributed by atoms with van der Waals surface area (Å²) in [7, 11) is 3.12. The number of carbonyl (C=O) groups is 2. The highest BCUT2D eigenvalue weighted by atomic mass is 16.5. The molecule has 1 aliphatic rings. The lowest BCUT2D eigenvalue weighted by atomic mass is 9.98. The first kappa shape index (κ1) is 21.4. The second kappa shape index (κ2) is 9.14. The summed E-state index contributed by atoms with van der Waals surface area (Å²) in [4.78, 5) is 27.8. The van der Waals surface area contributed by atoms with Crippen LogP contribution in [0.25, 0.3) is 0 Å². The third kappa shape index (κ3) is 4.30. The third-order valence-corrected chi connectivity index (χ3v) is 5.63. The first-order valence-corrected chi connectivity index (χ1v) is 10.5. The smallest absolute Gasteiger partial charge is 0.258 e. The molecule has 1 N–H and O–H groups in total. The molecule has 0 aromatic heterocycles. The van der Waals surface area contributed by atoms with Crippen molar-refractivity contribution >= 4 is 23.2 Å². The fourth-order valence-corrected chi connectivity index (χ4v) is 3.98. The van der Waals surface area contributed by atoms with E-state index in [4.69, 9.17) is 9.47 Å². The first-order valence-electron chi connectivity index (χ1n) is 10.5. The lowest BCUT2D eigenvalue weighted by Gasteiger charge is -2.30. The predicted molar refractivity (Wildman–Crippen MR) is 125 cm³/mol. The number of hydrogen-bond acceptors (Lipinski definition) is 4. The number of carbonyl (C=O) groups excluding carboxylic acids is 2. The molecular weight excluding hydrogens is 404 g/mol. The van der Waals surface area contributed by atoms with E-state index in [9.17, 15) is 9.59 Å². The van der Waals surface area contributed by atoms with Gasteiger partial charge in [-0.3, -0.25) is 9.59 Å². The third-order valence-electron chi connectivity index (χ3n) is 5.63. The van der Waals surface area contributed by atoms with E-state index < -0.39 is 0 Å². The van der Waals surface area contributed by atoms with Crippen LogP contribution in [0, 0.1) is 6.92 Å². The molecule has 164 valence electrons. The molecule has 4 rings (SSSR count). The Labute approximate surface area is 187 Å². The Balaban J connectivity index is 1.57. The Bertz CT molecular complexity index is 1170. The quantitative estimate of drug-likeness (QED) is 0.628. The van der Waals surface area contributed by atoms with Crippen LogP contribution in [0.2, 0.25) is 0 Å². The van der Waals surface area contributed by atoms with E-state index in [0.29, 0.717) is 34.9 Å². The highest BCUT2D eigenvalue weighted by molar-refractivity contribution is 6.08. The van der Waals surface area contributed by atoms with Gasteiger partial charge in [-0.1, -0.05) is 17.7 Å². The van der Waals surface area contributed by atoms with Crippen LogP contribution in [0.5, 0.6) is 11.5 Å². The monoisotopic (exact) mass is 430 g/mol. The minimum absolute atomic E-state index is 0.0187. The van der Waals surface area contributed by atoms with Crippen molar-refractivity contribution < 1.29 is 19.1 Å². The number of benzene rings is 3. The van der Waals surface area contributed by atoms with Gasteiger partial charge in [-0.25, -0.2) is 0 Å². The van der Waals surface area contributed by atoms with E-state index >= 15 is 0 Å². The van der Waals surface area contributed by atoms with Crippen molar-refractivity contribution in [1.29, 1.82) is 0 Å². The maximum absolute atomic E-state index is 13.1. The number of nitrogens with zero attached hydrogens (tertiary/aromatic N) is 1. The van der Waals surface area contributed by atoms with Crippen LogP contribution in [0.15, 0.2) is 60.7 Å². The Morgan fingerprint density at radius 3 is 2.53 bits per heavy atom. The molecule has 0 saturated carbocycles. The number of nitrogens with one attached hydrogen (secondary N) is 1. The molecule has 0 unspecified atom stereocenters. The molecule has 0 bridgehead atoms. The molecule has 32 heavy (non-hydrogen) atoms. The van der Waals surface area contributed by atoms with E-state index in [1.807, 2.05) is 48.2 Å². The molecule has 0 radical (unpaired) electrons. The maximum atomic E-state index is 13.1. The zero-order chi connectivity index (χ0) is 22.7. The van der Waals surface area contributed by atoms with Crippen LogP contribution in [0.4, 0.5) is 11.4 Å². The normalized spacial score (nSPS) is 12.7. The zero-order valence-corrected chi connectivity index (χ0v) is 18.5. The number of aryl methyl sites for hydroxylation is 2. The Morgan fingerprint density at radius 1 is 0.938 bits per heavy atom. The molecule has 0 spiro atoms. The molecule has 1 heterocycles. The summed E-state index contributed by atoms with van der Waals surface area (Å²) in [5.41, 5.74) is 4.67. The van der Waals surface area contributed by atoms with Gasteiger partial charge in [-0.05, 0) is 67.8 Å². The highest BCUT2D eigenvalue weighted by Gasteiger charge is 2.24. The number of rotatable bonds is 5. The molecule has 3 aromatic carbocycles. The minimum atomic E-state index is -0.238. The molecule has 6 heteroatoms. The maximum Gasteiger partial charge on any atom is 0.258 e. The summed E-state index contributed by atoms with van der Waals surface area (Å²) in [6.07, 6.45) is 1.67. The average molecular weight is 431 g/mol. The van der Waals surface area contributed by atoms with Crippen molar-refractivity contribution in [3.8, 4) is 11.5 Å². The Morgan fingerprint density at radius 2 is 1.78 bits per heavy atom. The molecule has 0 aliphatic carbocycles. The van der Waals surface area contributed by atoms with Crippen molar-refractivity contribution in [3.05, 3.63) is 82.9 Å². The van der Waals surface area contributed by atoms with Gasteiger partial charge < -0.3 is 19.7 Å². The number of amides is 2.